The summed E-state index contributed by atoms with van der Waals surface area (Å²) in [5, 5.41) is 8.98. The van der Waals surface area contributed by atoms with E-state index in [0.717, 1.165) is 19.3 Å². The van der Waals surface area contributed by atoms with Crippen molar-refractivity contribution in [2.75, 3.05) is 13.2 Å². The third kappa shape index (κ3) is 3.13. The number of esters is 1. The Morgan fingerprint density at radius 3 is 2.95 bits per heavy atom. The van der Waals surface area contributed by atoms with Crippen LogP contribution in [-0.2, 0) is 14.3 Å². The minimum Gasteiger partial charge on any atom is -0.463 e. The van der Waals surface area contributed by atoms with Crippen molar-refractivity contribution < 1.29 is 19.4 Å². The number of ether oxygens (including phenoxy) is 2. The number of fused-ring (bicyclic) bond motifs is 1. The van der Waals surface area contributed by atoms with Gasteiger partial charge in [0.2, 0.25) is 0 Å². The van der Waals surface area contributed by atoms with Gasteiger partial charge in [0.1, 0.15) is 0 Å². The zero-order chi connectivity index (χ0) is 14.8. The maximum atomic E-state index is 11.6. The number of rotatable bonds is 4. The van der Waals surface area contributed by atoms with E-state index in [9.17, 15) is 4.79 Å². The first-order valence-corrected chi connectivity index (χ1v) is 7.30. The second kappa shape index (κ2) is 6.10. The van der Waals surface area contributed by atoms with Gasteiger partial charge >= 0.3 is 5.97 Å². The van der Waals surface area contributed by atoms with Crippen molar-refractivity contribution in [1.29, 1.82) is 0 Å². The van der Waals surface area contributed by atoms with Crippen molar-refractivity contribution in [2.45, 2.75) is 51.7 Å². The first kappa shape index (κ1) is 15.3. The molecule has 1 heterocycles. The van der Waals surface area contributed by atoms with E-state index in [4.69, 9.17) is 14.6 Å². The summed E-state index contributed by atoms with van der Waals surface area (Å²) in [5.74, 6) is 0.204. The van der Waals surface area contributed by atoms with Gasteiger partial charge in [0.15, 0.2) is 0 Å². The zero-order valence-electron chi connectivity index (χ0n) is 12.5. The normalized spacial score (nSPS) is 35.4. The summed E-state index contributed by atoms with van der Waals surface area (Å²) in [7, 11) is 0. The van der Waals surface area contributed by atoms with Gasteiger partial charge in [0.05, 0.1) is 24.9 Å². The average molecular weight is 280 g/mol. The Hall–Kier alpha value is -1.13. The Balaban J connectivity index is 1.99. The summed E-state index contributed by atoms with van der Waals surface area (Å²) < 4.78 is 11.1. The molecular formula is C16H24O4. The predicted molar refractivity (Wildman–Crippen MR) is 76.2 cm³/mol. The summed E-state index contributed by atoms with van der Waals surface area (Å²) >= 11 is 0. The lowest BCUT2D eigenvalue weighted by atomic mass is 9.92. The lowest BCUT2D eigenvalue weighted by molar-refractivity contribution is -0.138. The molecule has 0 spiro atoms. The molecule has 0 amide bonds. The van der Waals surface area contributed by atoms with Crippen LogP contribution in [-0.4, -0.2) is 36.0 Å². The van der Waals surface area contributed by atoms with Crippen molar-refractivity contribution in [1.82, 2.24) is 0 Å². The molecule has 2 aliphatic rings. The molecule has 2 rings (SSSR count). The van der Waals surface area contributed by atoms with Crippen molar-refractivity contribution in [3.05, 3.63) is 23.3 Å². The van der Waals surface area contributed by atoms with Crippen molar-refractivity contribution in [3.63, 3.8) is 0 Å². The molecule has 1 aliphatic heterocycles. The molecule has 4 nitrogen and oxygen atoms in total. The van der Waals surface area contributed by atoms with Gasteiger partial charge in [0, 0.05) is 5.57 Å². The van der Waals surface area contributed by atoms with Crippen LogP contribution in [0.4, 0.5) is 0 Å². The Morgan fingerprint density at radius 2 is 2.35 bits per heavy atom. The molecule has 0 unspecified atom stereocenters. The second-order valence-corrected chi connectivity index (χ2v) is 5.90. The largest absolute Gasteiger partial charge is 0.463 e. The zero-order valence-corrected chi connectivity index (χ0v) is 12.5. The smallest absolute Gasteiger partial charge is 0.333 e. The molecule has 3 atom stereocenters. The van der Waals surface area contributed by atoms with E-state index in [1.165, 1.54) is 5.57 Å². The minimum absolute atomic E-state index is 0.00918. The van der Waals surface area contributed by atoms with Crippen LogP contribution in [0.2, 0.25) is 0 Å². The van der Waals surface area contributed by atoms with Crippen LogP contribution < -0.4 is 0 Å². The van der Waals surface area contributed by atoms with Gasteiger partial charge in [-0.1, -0.05) is 11.6 Å². The topological polar surface area (TPSA) is 55.8 Å². The maximum Gasteiger partial charge on any atom is 0.333 e. The fraction of sp³-hybridized carbons (Fsp3) is 0.688. The molecular weight excluding hydrogens is 256 g/mol. The van der Waals surface area contributed by atoms with Gasteiger partial charge in [-0.05, 0) is 52.0 Å². The molecule has 2 fully saturated rings. The van der Waals surface area contributed by atoms with Gasteiger partial charge in [-0.25, -0.2) is 4.79 Å². The lowest BCUT2D eigenvalue weighted by Crippen LogP contribution is -2.26. The summed E-state index contributed by atoms with van der Waals surface area (Å²) in [6, 6.07) is 0. The van der Waals surface area contributed by atoms with Crippen LogP contribution in [0.15, 0.2) is 23.3 Å². The number of aliphatic hydroxyl groups is 1. The quantitative estimate of drug-likeness (QED) is 0.488. The van der Waals surface area contributed by atoms with E-state index in [1.54, 1.807) is 13.8 Å². The minimum atomic E-state index is -0.265. The summed E-state index contributed by atoms with van der Waals surface area (Å²) in [6.07, 6.45) is 6.56. The highest BCUT2D eigenvalue weighted by molar-refractivity contribution is 5.87. The van der Waals surface area contributed by atoms with E-state index in [0.29, 0.717) is 18.1 Å². The molecule has 1 N–H and O–H groups in total. The molecule has 4 heteroatoms. The first-order valence-electron chi connectivity index (χ1n) is 7.30. The molecule has 0 aromatic carbocycles. The van der Waals surface area contributed by atoms with E-state index >= 15 is 0 Å². The molecule has 1 aliphatic carbocycles. The molecule has 0 radical (unpaired) electrons. The Morgan fingerprint density at radius 1 is 1.60 bits per heavy atom. The van der Waals surface area contributed by atoms with E-state index in [2.05, 4.69) is 6.92 Å². The van der Waals surface area contributed by atoms with Crippen molar-refractivity contribution in [3.8, 4) is 0 Å². The van der Waals surface area contributed by atoms with Crippen molar-refractivity contribution in [2.24, 2.45) is 5.92 Å². The molecule has 1 saturated heterocycles. The van der Waals surface area contributed by atoms with E-state index < -0.39 is 0 Å². The van der Waals surface area contributed by atoms with Crippen LogP contribution in [0.5, 0.6) is 0 Å². The summed E-state index contributed by atoms with van der Waals surface area (Å²) in [4.78, 5) is 11.6. The average Bonchev–Trinajstić information content (AvgIpc) is 2.80. The fourth-order valence-corrected chi connectivity index (χ4v) is 3.32. The number of hydrogen-bond acceptors (Lipinski definition) is 4. The highest BCUT2D eigenvalue weighted by Crippen LogP contribution is 2.50. The number of carbonyl (C=O) groups excluding carboxylic acids is 1. The van der Waals surface area contributed by atoms with Gasteiger partial charge < -0.3 is 14.6 Å². The fourth-order valence-electron chi connectivity index (χ4n) is 3.32. The number of hydrogen-bond donors (Lipinski definition) is 1. The lowest BCUT2D eigenvalue weighted by Gasteiger charge is -2.23. The third-order valence-corrected chi connectivity index (χ3v) is 4.30. The van der Waals surface area contributed by atoms with Gasteiger partial charge in [0.25, 0.3) is 0 Å². The van der Waals surface area contributed by atoms with Crippen LogP contribution >= 0.6 is 0 Å². The predicted octanol–water partition coefficient (Wildman–Crippen LogP) is 2.37. The maximum absolute atomic E-state index is 11.6. The van der Waals surface area contributed by atoms with E-state index in [-0.39, 0.29) is 24.3 Å². The Bertz CT molecular complexity index is 438. The SMILES string of the molecule is CCOC(=O)/C(C)=C/[C@@H]1C[C@@H]2C/C(=C\CO)C[C@]2(C)O1. The van der Waals surface area contributed by atoms with Crippen molar-refractivity contribution >= 4 is 5.97 Å². The highest BCUT2D eigenvalue weighted by atomic mass is 16.5. The second-order valence-electron chi connectivity index (χ2n) is 5.90. The number of aliphatic hydroxyl groups excluding tert-OH is 1. The van der Waals surface area contributed by atoms with Gasteiger partial charge in [-0.2, -0.15) is 0 Å². The standard InChI is InChI=1S/C16H24O4/c1-4-19-15(18)11(2)7-14-9-13-8-12(5-6-17)10-16(13,3)20-14/h5,7,13-14,17H,4,6,8-10H2,1-3H3/b11-7+,12-5+/t13-,14+,16-/m0/s1. The molecule has 112 valence electrons. The van der Waals surface area contributed by atoms with Gasteiger partial charge in [-0.15, -0.1) is 0 Å². The molecule has 1 saturated carbocycles. The molecule has 0 aromatic heterocycles. The van der Waals surface area contributed by atoms with Crippen LogP contribution in [0.25, 0.3) is 0 Å². The third-order valence-electron chi connectivity index (χ3n) is 4.30. The molecule has 20 heavy (non-hydrogen) atoms. The van der Waals surface area contributed by atoms with Crippen LogP contribution in [0.3, 0.4) is 0 Å². The summed E-state index contributed by atoms with van der Waals surface area (Å²) in [5.41, 5.74) is 1.74. The Kier molecular flexibility index (Phi) is 4.66. The summed E-state index contributed by atoms with van der Waals surface area (Å²) in [6.45, 7) is 6.20. The molecule has 0 aromatic rings. The highest BCUT2D eigenvalue weighted by Gasteiger charge is 2.49. The monoisotopic (exact) mass is 280 g/mol. The Labute approximate surface area is 120 Å². The first-order chi connectivity index (χ1) is 9.48. The van der Waals surface area contributed by atoms with E-state index in [1.807, 2.05) is 12.2 Å². The van der Waals surface area contributed by atoms with Gasteiger partial charge in [-0.3, -0.25) is 0 Å². The van der Waals surface area contributed by atoms with Crippen LogP contribution in [0, 0.1) is 5.92 Å². The van der Waals surface area contributed by atoms with Crippen LogP contribution in [0.1, 0.15) is 40.0 Å². The molecule has 0 bridgehead atoms. The number of carbonyl (C=O) groups is 1.